The van der Waals surface area contributed by atoms with Crippen LogP contribution in [-0.4, -0.2) is 30.0 Å². The van der Waals surface area contributed by atoms with E-state index in [0.717, 1.165) is 23.6 Å². The molecule has 0 bridgehead atoms. The molecule has 0 saturated heterocycles. The monoisotopic (exact) mass is 255 g/mol. The summed E-state index contributed by atoms with van der Waals surface area (Å²) in [7, 11) is 1.93. The molecule has 0 unspecified atom stereocenters. The van der Waals surface area contributed by atoms with E-state index < -0.39 is 0 Å². The highest BCUT2D eigenvalue weighted by atomic mass is 15.5. The molecule has 0 aliphatic carbocycles. The third-order valence-corrected chi connectivity index (χ3v) is 2.86. The topological polar surface area (TPSA) is 73.5 Å². The highest BCUT2D eigenvalue weighted by molar-refractivity contribution is 5.50. The van der Waals surface area contributed by atoms with Crippen molar-refractivity contribution >= 4 is 5.69 Å². The largest absolute Gasteiger partial charge is 0.379 e. The second-order valence-electron chi connectivity index (χ2n) is 4.10. The van der Waals surface area contributed by atoms with E-state index in [2.05, 4.69) is 25.9 Å². The summed E-state index contributed by atoms with van der Waals surface area (Å²) >= 11 is 0. The van der Waals surface area contributed by atoms with Gasteiger partial charge in [0.2, 0.25) is 0 Å². The molecule has 0 fully saturated rings. The van der Waals surface area contributed by atoms with Crippen LogP contribution in [0, 0.1) is 0 Å². The lowest BCUT2D eigenvalue weighted by Gasteiger charge is -2.08. The SMILES string of the molecule is Cn1nccc1CNc1cccc(-n2cnnn2)c1. The Hall–Kier alpha value is -2.70. The number of aromatic nitrogens is 6. The summed E-state index contributed by atoms with van der Waals surface area (Å²) in [4.78, 5) is 0. The first-order chi connectivity index (χ1) is 9.33. The number of tetrazole rings is 1. The van der Waals surface area contributed by atoms with Crippen molar-refractivity contribution in [2.75, 3.05) is 5.32 Å². The Bertz CT molecular complexity index is 656. The van der Waals surface area contributed by atoms with Gasteiger partial charge in [0.15, 0.2) is 0 Å². The van der Waals surface area contributed by atoms with Crippen LogP contribution >= 0.6 is 0 Å². The Morgan fingerprint density at radius 3 is 2.95 bits per heavy atom. The van der Waals surface area contributed by atoms with Crippen LogP contribution in [0.2, 0.25) is 0 Å². The number of benzene rings is 1. The van der Waals surface area contributed by atoms with Crippen molar-refractivity contribution in [2.24, 2.45) is 7.05 Å². The highest BCUT2D eigenvalue weighted by Gasteiger charge is 2.01. The predicted molar refractivity (Wildman–Crippen MR) is 69.7 cm³/mol. The molecule has 1 aromatic carbocycles. The van der Waals surface area contributed by atoms with Crippen molar-refractivity contribution in [3.05, 3.63) is 48.5 Å². The number of hydrogen-bond acceptors (Lipinski definition) is 5. The fourth-order valence-electron chi connectivity index (χ4n) is 1.81. The van der Waals surface area contributed by atoms with Crippen molar-refractivity contribution in [1.82, 2.24) is 30.0 Å². The molecule has 7 nitrogen and oxygen atoms in total. The van der Waals surface area contributed by atoms with Gasteiger partial charge in [0.05, 0.1) is 17.9 Å². The second-order valence-corrected chi connectivity index (χ2v) is 4.10. The molecular weight excluding hydrogens is 242 g/mol. The summed E-state index contributed by atoms with van der Waals surface area (Å²) < 4.78 is 3.47. The van der Waals surface area contributed by atoms with E-state index in [1.165, 1.54) is 0 Å². The molecule has 19 heavy (non-hydrogen) atoms. The van der Waals surface area contributed by atoms with Gasteiger partial charge in [-0.15, -0.1) is 5.10 Å². The van der Waals surface area contributed by atoms with Crippen molar-refractivity contribution in [3.63, 3.8) is 0 Å². The molecule has 1 N–H and O–H groups in total. The molecule has 2 heterocycles. The quantitative estimate of drug-likeness (QED) is 0.753. The summed E-state index contributed by atoms with van der Waals surface area (Å²) in [6, 6.07) is 9.89. The standard InChI is InChI=1S/C12H13N7/c1-18-12(5-6-15-18)8-13-10-3-2-4-11(7-10)19-9-14-16-17-19/h2-7,9,13H,8H2,1H3. The lowest BCUT2D eigenvalue weighted by Crippen LogP contribution is -2.05. The van der Waals surface area contributed by atoms with Crippen LogP contribution in [0.5, 0.6) is 0 Å². The van der Waals surface area contributed by atoms with Crippen LogP contribution in [0.3, 0.4) is 0 Å². The second kappa shape index (κ2) is 4.89. The number of nitrogens with one attached hydrogen (secondary N) is 1. The van der Waals surface area contributed by atoms with Crippen molar-refractivity contribution in [2.45, 2.75) is 6.54 Å². The zero-order valence-corrected chi connectivity index (χ0v) is 10.4. The molecule has 0 aliphatic rings. The van der Waals surface area contributed by atoms with Crippen LogP contribution in [-0.2, 0) is 13.6 Å². The van der Waals surface area contributed by atoms with Gasteiger partial charge in [-0.3, -0.25) is 4.68 Å². The molecule has 3 aromatic rings. The smallest absolute Gasteiger partial charge is 0.143 e. The molecule has 0 amide bonds. The van der Waals surface area contributed by atoms with Crippen LogP contribution in [0.25, 0.3) is 5.69 Å². The Labute approximate surface area is 109 Å². The number of aryl methyl sites for hydroxylation is 1. The average Bonchev–Trinajstić information content (AvgIpc) is 3.08. The van der Waals surface area contributed by atoms with E-state index in [0.29, 0.717) is 0 Å². The first-order valence-corrected chi connectivity index (χ1v) is 5.87. The van der Waals surface area contributed by atoms with Gasteiger partial charge in [0, 0.05) is 18.9 Å². The Balaban J connectivity index is 1.75. The van der Waals surface area contributed by atoms with Crippen LogP contribution in [0.15, 0.2) is 42.9 Å². The summed E-state index contributed by atoms with van der Waals surface area (Å²) in [6.45, 7) is 0.718. The summed E-state index contributed by atoms with van der Waals surface area (Å²) in [5.74, 6) is 0. The summed E-state index contributed by atoms with van der Waals surface area (Å²) in [5, 5.41) is 18.6. The number of anilines is 1. The van der Waals surface area contributed by atoms with Crippen molar-refractivity contribution < 1.29 is 0 Å². The first-order valence-electron chi connectivity index (χ1n) is 5.87. The number of hydrogen-bond donors (Lipinski definition) is 1. The van der Waals surface area contributed by atoms with Crippen molar-refractivity contribution in [3.8, 4) is 5.69 Å². The molecule has 7 heteroatoms. The minimum Gasteiger partial charge on any atom is -0.379 e. The van der Waals surface area contributed by atoms with Crippen LogP contribution in [0.4, 0.5) is 5.69 Å². The Morgan fingerprint density at radius 1 is 1.26 bits per heavy atom. The fourth-order valence-corrected chi connectivity index (χ4v) is 1.81. The minimum atomic E-state index is 0.718. The average molecular weight is 255 g/mol. The zero-order chi connectivity index (χ0) is 13.1. The summed E-state index contributed by atoms with van der Waals surface area (Å²) in [5.41, 5.74) is 3.04. The van der Waals surface area contributed by atoms with Crippen LogP contribution < -0.4 is 5.32 Å². The maximum atomic E-state index is 4.13. The van der Waals surface area contributed by atoms with Gasteiger partial charge in [-0.25, -0.2) is 4.68 Å². The Morgan fingerprint density at radius 2 is 2.21 bits per heavy atom. The molecule has 3 rings (SSSR count). The van der Waals surface area contributed by atoms with E-state index in [9.17, 15) is 0 Å². The molecule has 0 saturated carbocycles. The molecular formula is C12H13N7. The predicted octanol–water partition coefficient (Wildman–Crippen LogP) is 1.01. The van der Waals surface area contributed by atoms with Gasteiger partial charge >= 0.3 is 0 Å². The Kier molecular flexibility index (Phi) is 2.93. The van der Waals surface area contributed by atoms with E-state index in [-0.39, 0.29) is 0 Å². The lowest BCUT2D eigenvalue weighted by atomic mass is 10.2. The van der Waals surface area contributed by atoms with Crippen LogP contribution in [0.1, 0.15) is 5.69 Å². The molecule has 0 aliphatic heterocycles. The van der Waals surface area contributed by atoms with E-state index in [4.69, 9.17) is 0 Å². The van der Waals surface area contributed by atoms with Gasteiger partial charge in [-0.2, -0.15) is 5.10 Å². The molecule has 0 spiro atoms. The van der Waals surface area contributed by atoms with E-state index in [1.807, 2.05) is 42.1 Å². The van der Waals surface area contributed by atoms with Crippen molar-refractivity contribution in [1.29, 1.82) is 0 Å². The minimum absolute atomic E-state index is 0.718. The molecule has 0 atom stereocenters. The van der Waals surface area contributed by atoms with Gasteiger partial charge < -0.3 is 5.32 Å². The maximum absolute atomic E-state index is 4.13. The zero-order valence-electron chi connectivity index (χ0n) is 10.4. The van der Waals surface area contributed by atoms with Gasteiger partial charge in [-0.1, -0.05) is 6.07 Å². The van der Waals surface area contributed by atoms with Gasteiger partial charge in [0.25, 0.3) is 0 Å². The highest BCUT2D eigenvalue weighted by Crippen LogP contribution is 2.14. The molecule has 2 aromatic heterocycles. The van der Waals surface area contributed by atoms with E-state index in [1.54, 1.807) is 17.2 Å². The maximum Gasteiger partial charge on any atom is 0.143 e. The fraction of sp³-hybridized carbons (Fsp3) is 0.167. The number of rotatable bonds is 4. The number of nitrogens with zero attached hydrogens (tertiary/aromatic N) is 6. The van der Waals surface area contributed by atoms with Gasteiger partial charge in [-0.05, 0) is 34.7 Å². The summed E-state index contributed by atoms with van der Waals surface area (Å²) in [6.07, 6.45) is 3.36. The lowest BCUT2D eigenvalue weighted by molar-refractivity contribution is 0.720. The molecule has 96 valence electrons. The van der Waals surface area contributed by atoms with E-state index >= 15 is 0 Å². The molecule has 0 radical (unpaired) electrons. The third-order valence-electron chi connectivity index (χ3n) is 2.86. The normalized spacial score (nSPS) is 10.6. The first kappa shape index (κ1) is 11.4. The van der Waals surface area contributed by atoms with Gasteiger partial charge in [0.1, 0.15) is 6.33 Å². The third kappa shape index (κ3) is 2.44.